The van der Waals surface area contributed by atoms with Gasteiger partial charge in [-0.2, -0.15) is 0 Å². The minimum atomic E-state index is 1.08. The maximum Gasteiger partial charge on any atom is -0.0163 e. The third-order valence-corrected chi connectivity index (χ3v) is 2.51. The first-order chi connectivity index (χ1) is 6.50. The Morgan fingerprint density at radius 3 is 2.46 bits per heavy atom. The highest BCUT2D eigenvalue weighted by molar-refractivity contribution is 4.89. The molecule has 0 aliphatic heterocycles. The van der Waals surface area contributed by atoms with Gasteiger partial charge in [0.2, 0.25) is 0 Å². The van der Waals surface area contributed by atoms with Crippen molar-refractivity contribution in [1.29, 1.82) is 0 Å². The third kappa shape index (κ3) is 6.62. The lowest BCUT2D eigenvalue weighted by Crippen LogP contribution is -1.78. The van der Waals surface area contributed by atoms with Gasteiger partial charge in [-0.25, -0.2) is 0 Å². The summed E-state index contributed by atoms with van der Waals surface area (Å²) in [5.41, 5.74) is 0. The number of rotatable bonds is 0. The molecule has 0 spiro atoms. The maximum atomic E-state index is 3.35. The number of hydrogen-bond donors (Lipinski definition) is 0. The molecule has 0 atom stereocenters. The molecule has 0 heteroatoms. The first-order valence-electron chi connectivity index (χ1n) is 5.70. The van der Waals surface area contributed by atoms with E-state index in [9.17, 15) is 0 Å². The van der Waals surface area contributed by atoms with Crippen LogP contribution < -0.4 is 0 Å². The Morgan fingerprint density at radius 2 is 1.54 bits per heavy atom. The van der Waals surface area contributed by atoms with Gasteiger partial charge in [-0.1, -0.05) is 43.9 Å². The zero-order valence-electron chi connectivity index (χ0n) is 8.60. The molecule has 13 heavy (non-hydrogen) atoms. The van der Waals surface area contributed by atoms with Gasteiger partial charge in [0.15, 0.2) is 0 Å². The average molecular weight is 177 g/mol. The molecular weight excluding hydrogens is 156 g/mol. The van der Waals surface area contributed by atoms with Gasteiger partial charge < -0.3 is 0 Å². The Labute approximate surface area is 82.7 Å². The van der Waals surface area contributed by atoms with Crippen molar-refractivity contribution < 1.29 is 0 Å². The summed E-state index contributed by atoms with van der Waals surface area (Å²) in [6, 6.07) is 0. The van der Waals surface area contributed by atoms with Crippen molar-refractivity contribution in [3.8, 4) is 0 Å². The number of hydrogen-bond acceptors (Lipinski definition) is 0. The van der Waals surface area contributed by atoms with E-state index in [2.05, 4.69) is 24.3 Å². The lowest BCUT2D eigenvalue weighted by Gasteiger charge is -1.98. The average Bonchev–Trinajstić information content (AvgIpc) is 2.18. The van der Waals surface area contributed by atoms with Gasteiger partial charge in [0.05, 0.1) is 0 Å². The van der Waals surface area contributed by atoms with Crippen LogP contribution in [0.15, 0.2) is 18.2 Å². The normalized spacial score (nSPS) is 26.5. The van der Waals surface area contributed by atoms with Gasteiger partial charge in [0, 0.05) is 0 Å². The molecule has 1 aliphatic rings. The molecule has 0 heterocycles. The Kier molecular flexibility index (Phi) is 6.58. The lowest BCUT2D eigenvalue weighted by atomic mass is 10.1. The van der Waals surface area contributed by atoms with E-state index in [-0.39, 0.29) is 0 Å². The fourth-order valence-corrected chi connectivity index (χ4v) is 1.66. The van der Waals surface area contributed by atoms with Crippen molar-refractivity contribution in [2.24, 2.45) is 0 Å². The molecule has 1 radical (unpaired) electrons. The van der Waals surface area contributed by atoms with Crippen molar-refractivity contribution in [2.45, 2.75) is 57.8 Å². The second-order valence-corrected chi connectivity index (χ2v) is 3.78. The van der Waals surface area contributed by atoms with E-state index >= 15 is 0 Å². The molecule has 0 aromatic rings. The quantitative estimate of drug-likeness (QED) is 0.480. The molecule has 0 saturated carbocycles. The smallest absolute Gasteiger partial charge is 0.0163 e. The molecule has 0 aromatic carbocycles. The van der Waals surface area contributed by atoms with Crippen molar-refractivity contribution in [3.05, 3.63) is 24.3 Å². The standard InChI is InChI=1S/C13H21/c1-2-4-6-8-10-12-13-11-9-7-5-3-1/h1-2,5H,3-4,6,8-13H2/b2-1+,7-5?. The van der Waals surface area contributed by atoms with Gasteiger partial charge in [-0.15, -0.1) is 0 Å². The topological polar surface area (TPSA) is 0 Å². The predicted molar refractivity (Wildman–Crippen MR) is 58.5 cm³/mol. The predicted octanol–water partition coefficient (Wildman–Crippen LogP) is 4.43. The van der Waals surface area contributed by atoms with Crippen molar-refractivity contribution in [3.63, 3.8) is 0 Å². The molecule has 0 aromatic heterocycles. The molecule has 0 N–H and O–H groups in total. The highest BCUT2D eigenvalue weighted by atomic mass is 14.0. The second kappa shape index (κ2) is 8.10. The zero-order valence-corrected chi connectivity index (χ0v) is 8.60. The molecule has 1 rings (SSSR count). The summed E-state index contributed by atoms with van der Waals surface area (Å²) >= 11 is 0. The van der Waals surface area contributed by atoms with Gasteiger partial charge >= 0.3 is 0 Å². The van der Waals surface area contributed by atoms with Crippen LogP contribution in [0.2, 0.25) is 0 Å². The Bertz CT molecular complexity index is 135. The van der Waals surface area contributed by atoms with Crippen molar-refractivity contribution in [1.82, 2.24) is 0 Å². The third-order valence-electron chi connectivity index (χ3n) is 2.51. The summed E-state index contributed by atoms with van der Waals surface area (Å²) in [6.45, 7) is 0. The summed E-state index contributed by atoms with van der Waals surface area (Å²) in [5.74, 6) is 0. The van der Waals surface area contributed by atoms with Crippen LogP contribution in [0, 0.1) is 6.08 Å². The summed E-state index contributed by atoms with van der Waals surface area (Å²) in [5, 5.41) is 0. The monoisotopic (exact) mass is 177 g/mol. The summed E-state index contributed by atoms with van der Waals surface area (Å²) < 4.78 is 0. The van der Waals surface area contributed by atoms with Crippen LogP contribution in [0.5, 0.6) is 0 Å². The molecule has 0 amide bonds. The van der Waals surface area contributed by atoms with E-state index in [1.807, 2.05) is 0 Å². The zero-order chi connectivity index (χ0) is 9.19. The highest BCUT2D eigenvalue weighted by Crippen LogP contribution is 2.10. The van der Waals surface area contributed by atoms with Crippen LogP contribution in [0.25, 0.3) is 0 Å². The van der Waals surface area contributed by atoms with E-state index < -0.39 is 0 Å². The van der Waals surface area contributed by atoms with Crippen molar-refractivity contribution in [2.75, 3.05) is 0 Å². The first kappa shape index (κ1) is 10.6. The minimum absolute atomic E-state index is 1.08. The van der Waals surface area contributed by atoms with E-state index in [0.29, 0.717) is 0 Å². The van der Waals surface area contributed by atoms with Crippen LogP contribution >= 0.6 is 0 Å². The molecule has 0 saturated heterocycles. The molecule has 0 bridgehead atoms. The largest absolute Gasteiger partial charge is 0.0882 e. The van der Waals surface area contributed by atoms with Crippen molar-refractivity contribution >= 4 is 0 Å². The first-order valence-corrected chi connectivity index (χ1v) is 5.70. The van der Waals surface area contributed by atoms with E-state index in [1.165, 1.54) is 44.9 Å². The lowest BCUT2D eigenvalue weighted by molar-refractivity contribution is 0.598. The van der Waals surface area contributed by atoms with Gasteiger partial charge in [0.1, 0.15) is 0 Å². The minimum Gasteiger partial charge on any atom is -0.0882 e. The summed E-state index contributed by atoms with van der Waals surface area (Å²) in [4.78, 5) is 0. The molecule has 0 fully saturated rings. The summed E-state index contributed by atoms with van der Waals surface area (Å²) in [7, 11) is 0. The molecule has 0 nitrogen and oxygen atoms in total. The van der Waals surface area contributed by atoms with Gasteiger partial charge in [-0.3, -0.25) is 0 Å². The summed E-state index contributed by atoms with van der Waals surface area (Å²) in [6.07, 6.45) is 22.0. The number of allylic oxidation sites excluding steroid dienone is 4. The fourth-order valence-electron chi connectivity index (χ4n) is 1.66. The van der Waals surface area contributed by atoms with Gasteiger partial charge in [-0.05, 0) is 38.2 Å². The van der Waals surface area contributed by atoms with Crippen LogP contribution in [0.1, 0.15) is 57.8 Å². The molecule has 0 unspecified atom stereocenters. The van der Waals surface area contributed by atoms with Gasteiger partial charge in [0.25, 0.3) is 0 Å². The highest BCUT2D eigenvalue weighted by Gasteiger charge is 1.90. The molecular formula is C13H21. The van der Waals surface area contributed by atoms with Crippen LogP contribution in [-0.2, 0) is 0 Å². The second-order valence-electron chi connectivity index (χ2n) is 3.78. The Morgan fingerprint density at radius 1 is 0.769 bits per heavy atom. The van der Waals surface area contributed by atoms with E-state index in [1.54, 1.807) is 0 Å². The maximum absolute atomic E-state index is 3.35. The SMILES string of the molecule is [C]1=C/C/C=C/CCCCCCCC/1. The Balaban J connectivity index is 2.18. The van der Waals surface area contributed by atoms with Crippen LogP contribution in [-0.4, -0.2) is 0 Å². The fraction of sp³-hybridized carbons (Fsp3) is 0.692. The molecule has 73 valence electrons. The Hall–Kier alpha value is -0.520. The van der Waals surface area contributed by atoms with Crippen LogP contribution in [0.3, 0.4) is 0 Å². The van der Waals surface area contributed by atoms with Crippen LogP contribution in [0.4, 0.5) is 0 Å². The molecule has 1 aliphatic carbocycles. The van der Waals surface area contributed by atoms with E-state index in [4.69, 9.17) is 0 Å². The van der Waals surface area contributed by atoms with E-state index in [0.717, 1.165) is 12.8 Å².